The fourth-order valence-corrected chi connectivity index (χ4v) is 3.03. The number of piperazine rings is 1. The third kappa shape index (κ3) is 2.72. The number of aromatic nitrogens is 4. The molecule has 1 aliphatic heterocycles. The predicted octanol–water partition coefficient (Wildman–Crippen LogP) is 1.47. The zero-order chi connectivity index (χ0) is 16.0. The summed E-state index contributed by atoms with van der Waals surface area (Å²) in [4.78, 5) is 17.1. The van der Waals surface area contributed by atoms with E-state index in [-0.39, 0.29) is 6.04 Å². The molecule has 2 fully saturated rings. The van der Waals surface area contributed by atoms with E-state index in [1.165, 1.54) is 6.33 Å². The highest BCUT2D eigenvalue weighted by Gasteiger charge is 2.34. The largest absolute Gasteiger partial charge is 0.382 e. The molecule has 0 amide bonds. The van der Waals surface area contributed by atoms with Gasteiger partial charge in [-0.05, 0) is 19.9 Å². The monoisotopic (exact) mass is 335 g/mol. The number of rotatable bonds is 3. The molecule has 1 atom stereocenters. The number of halogens is 1. The Morgan fingerprint density at radius 3 is 2.91 bits per heavy atom. The summed E-state index contributed by atoms with van der Waals surface area (Å²) in [6.07, 6.45) is 3.74. The first-order valence-corrected chi connectivity index (χ1v) is 8.06. The summed E-state index contributed by atoms with van der Waals surface area (Å²) in [5.41, 5.74) is 5.78. The average molecular weight is 336 g/mol. The van der Waals surface area contributed by atoms with Crippen LogP contribution < -0.4 is 10.6 Å². The van der Waals surface area contributed by atoms with Gasteiger partial charge in [0.25, 0.3) is 0 Å². The second-order valence-electron chi connectivity index (χ2n) is 6.10. The third-order valence-electron chi connectivity index (χ3n) is 4.43. The molecule has 2 aliphatic rings. The molecule has 0 aromatic carbocycles. The van der Waals surface area contributed by atoms with Crippen LogP contribution in [0.4, 0.5) is 11.6 Å². The first-order valence-electron chi connectivity index (χ1n) is 7.68. The quantitative estimate of drug-likeness (QED) is 0.900. The summed E-state index contributed by atoms with van der Waals surface area (Å²) in [5, 5.41) is 4.50. The van der Waals surface area contributed by atoms with E-state index >= 15 is 0 Å². The summed E-state index contributed by atoms with van der Waals surface area (Å²) in [7, 11) is 2.05. The SMILES string of the molecule is CN1CCN(c2ncnc(N)c2Cl)C[C@@H]1c1nc(C2CC2)no1. The van der Waals surface area contributed by atoms with E-state index in [2.05, 4.69) is 37.0 Å². The summed E-state index contributed by atoms with van der Waals surface area (Å²) >= 11 is 6.25. The number of anilines is 2. The summed E-state index contributed by atoms with van der Waals surface area (Å²) in [5.74, 6) is 2.90. The molecule has 122 valence electrons. The van der Waals surface area contributed by atoms with E-state index in [9.17, 15) is 0 Å². The van der Waals surface area contributed by atoms with E-state index in [1.54, 1.807) is 0 Å². The van der Waals surface area contributed by atoms with Crippen LogP contribution in [0.2, 0.25) is 5.02 Å². The van der Waals surface area contributed by atoms with Crippen molar-refractivity contribution in [2.24, 2.45) is 0 Å². The lowest BCUT2D eigenvalue weighted by Gasteiger charge is -2.38. The molecule has 3 heterocycles. The van der Waals surface area contributed by atoms with Gasteiger partial charge in [0.15, 0.2) is 11.6 Å². The van der Waals surface area contributed by atoms with Crippen molar-refractivity contribution in [3.8, 4) is 0 Å². The van der Waals surface area contributed by atoms with Gasteiger partial charge in [-0.25, -0.2) is 9.97 Å². The van der Waals surface area contributed by atoms with E-state index in [1.807, 2.05) is 0 Å². The number of nitrogens with two attached hydrogens (primary N) is 1. The van der Waals surface area contributed by atoms with Crippen LogP contribution in [0.5, 0.6) is 0 Å². The average Bonchev–Trinajstić information content (AvgIpc) is 3.29. The first-order chi connectivity index (χ1) is 11.1. The number of hydrogen-bond acceptors (Lipinski definition) is 8. The first kappa shape index (κ1) is 14.6. The highest BCUT2D eigenvalue weighted by molar-refractivity contribution is 6.35. The topological polar surface area (TPSA) is 97.2 Å². The Balaban J connectivity index is 1.58. The highest BCUT2D eigenvalue weighted by atomic mass is 35.5. The molecule has 8 nitrogen and oxygen atoms in total. The van der Waals surface area contributed by atoms with Gasteiger partial charge in [0, 0.05) is 25.6 Å². The van der Waals surface area contributed by atoms with E-state index in [0.717, 1.165) is 31.8 Å². The molecule has 4 rings (SSSR count). The summed E-state index contributed by atoms with van der Waals surface area (Å²) in [6.45, 7) is 2.30. The van der Waals surface area contributed by atoms with Crippen molar-refractivity contribution in [2.75, 3.05) is 37.3 Å². The predicted molar refractivity (Wildman–Crippen MR) is 85.3 cm³/mol. The molecule has 0 radical (unpaired) electrons. The molecule has 9 heteroatoms. The van der Waals surface area contributed by atoms with E-state index in [0.29, 0.717) is 35.0 Å². The minimum Gasteiger partial charge on any atom is -0.382 e. The molecular weight excluding hydrogens is 318 g/mol. The summed E-state index contributed by atoms with van der Waals surface area (Å²) < 4.78 is 5.49. The molecule has 23 heavy (non-hydrogen) atoms. The van der Waals surface area contributed by atoms with Gasteiger partial charge in [0.2, 0.25) is 5.89 Å². The van der Waals surface area contributed by atoms with Crippen LogP contribution in [0.1, 0.15) is 36.5 Å². The minimum absolute atomic E-state index is 0.0102. The van der Waals surface area contributed by atoms with Crippen LogP contribution in [0.3, 0.4) is 0 Å². The second kappa shape index (κ2) is 5.61. The highest BCUT2D eigenvalue weighted by Crippen LogP contribution is 2.39. The van der Waals surface area contributed by atoms with Crippen molar-refractivity contribution in [1.82, 2.24) is 25.0 Å². The number of nitrogen functional groups attached to an aromatic ring is 1. The number of nitrogens with zero attached hydrogens (tertiary/aromatic N) is 6. The Morgan fingerprint density at radius 2 is 2.13 bits per heavy atom. The Labute approximate surface area is 138 Å². The molecule has 0 unspecified atom stereocenters. The zero-order valence-corrected chi connectivity index (χ0v) is 13.6. The Hall–Kier alpha value is -1.93. The van der Waals surface area contributed by atoms with Crippen LogP contribution >= 0.6 is 11.6 Å². The molecule has 1 saturated heterocycles. The Bertz CT molecular complexity index is 717. The van der Waals surface area contributed by atoms with Gasteiger partial charge in [-0.15, -0.1) is 0 Å². The smallest absolute Gasteiger partial charge is 0.245 e. The van der Waals surface area contributed by atoms with Gasteiger partial charge in [0.1, 0.15) is 23.2 Å². The van der Waals surface area contributed by atoms with Crippen LogP contribution in [0.15, 0.2) is 10.9 Å². The van der Waals surface area contributed by atoms with Gasteiger partial charge < -0.3 is 15.2 Å². The maximum Gasteiger partial charge on any atom is 0.245 e. The van der Waals surface area contributed by atoms with Crippen molar-refractivity contribution in [3.63, 3.8) is 0 Å². The Morgan fingerprint density at radius 1 is 1.30 bits per heavy atom. The van der Waals surface area contributed by atoms with Gasteiger partial charge in [0.05, 0.1) is 0 Å². The van der Waals surface area contributed by atoms with Crippen LogP contribution in [-0.2, 0) is 0 Å². The van der Waals surface area contributed by atoms with Gasteiger partial charge in [-0.3, -0.25) is 4.90 Å². The molecule has 2 N–H and O–H groups in total. The molecule has 1 saturated carbocycles. The molecule has 2 aromatic heterocycles. The van der Waals surface area contributed by atoms with Crippen LogP contribution in [-0.4, -0.2) is 51.7 Å². The fraction of sp³-hybridized carbons (Fsp3) is 0.571. The third-order valence-corrected chi connectivity index (χ3v) is 4.79. The summed E-state index contributed by atoms with van der Waals surface area (Å²) in [6, 6.07) is 0.0102. The van der Waals surface area contributed by atoms with Gasteiger partial charge >= 0.3 is 0 Å². The van der Waals surface area contributed by atoms with Crippen molar-refractivity contribution in [3.05, 3.63) is 23.1 Å². The molecule has 1 aliphatic carbocycles. The van der Waals surface area contributed by atoms with Crippen LogP contribution in [0.25, 0.3) is 0 Å². The standard InChI is InChI=1S/C14H18ClN7O/c1-21-4-5-22(13-10(15)11(16)17-7-18-13)6-9(21)14-19-12(20-23-14)8-2-3-8/h7-9H,2-6H2,1H3,(H2,16,17,18)/t9-/m1/s1. The number of hydrogen-bond donors (Lipinski definition) is 1. The molecular formula is C14H18ClN7O. The second-order valence-corrected chi connectivity index (χ2v) is 6.48. The maximum atomic E-state index is 6.25. The van der Waals surface area contributed by atoms with Gasteiger partial charge in [-0.1, -0.05) is 16.8 Å². The van der Waals surface area contributed by atoms with Crippen LogP contribution in [0, 0.1) is 0 Å². The van der Waals surface area contributed by atoms with E-state index in [4.69, 9.17) is 21.9 Å². The molecule has 0 bridgehead atoms. The molecule has 2 aromatic rings. The number of likely N-dealkylation sites (N-methyl/N-ethyl adjacent to an activating group) is 1. The Kier molecular flexibility index (Phi) is 3.57. The van der Waals surface area contributed by atoms with Gasteiger partial charge in [-0.2, -0.15) is 4.98 Å². The molecule has 0 spiro atoms. The lowest BCUT2D eigenvalue weighted by Crippen LogP contribution is -2.47. The normalized spacial score (nSPS) is 22.5. The zero-order valence-electron chi connectivity index (χ0n) is 12.8. The minimum atomic E-state index is 0.0102. The van der Waals surface area contributed by atoms with Crippen molar-refractivity contribution >= 4 is 23.2 Å². The van der Waals surface area contributed by atoms with Crippen molar-refractivity contribution in [1.29, 1.82) is 0 Å². The van der Waals surface area contributed by atoms with Crippen molar-refractivity contribution < 1.29 is 4.52 Å². The van der Waals surface area contributed by atoms with E-state index < -0.39 is 0 Å². The fourth-order valence-electron chi connectivity index (χ4n) is 2.82. The maximum absolute atomic E-state index is 6.25. The lowest BCUT2D eigenvalue weighted by atomic mass is 10.1. The lowest BCUT2D eigenvalue weighted by molar-refractivity contribution is 0.177. The van der Waals surface area contributed by atoms with Crippen molar-refractivity contribution in [2.45, 2.75) is 24.8 Å².